The van der Waals surface area contributed by atoms with Gasteiger partial charge in [0.05, 0.1) is 17.4 Å². The summed E-state index contributed by atoms with van der Waals surface area (Å²) in [5.41, 5.74) is 5.66. The Bertz CT molecular complexity index is 765. The lowest BCUT2D eigenvalue weighted by molar-refractivity contribution is 1.18. The molecular formula is C16H14N4. The number of nitrogens with zero attached hydrogens (tertiary/aromatic N) is 3. The lowest BCUT2D eigenvalue weighted by atomic mass is 10.2. The van der Waals surface area contributed by atoms with Gasteiger partial charge < -0.3 is 0 Å². The number of hydrogen-bond donors (Lipinski definition) is 1. The van der Waals surface area contributed by atoms with Gasteiger partial charge in [-0.1, -0.05) is 24.3 Å². The molecule has 3 rings (SSSR count). The lowest BCUT2D eigenvalue weighted by Gasteiger charge is -2.01. The van der Waals surface area contributed by atoms with Gasteiger partial charge in [-0.15, -0.1) is 0 Å². The van der Waals surface area contributed by atoms with Crippen LogP contribution in [0, 0.1) is 6.92 Å². The van der Waals surface area contributed by atoms with E-state index in [1.165, 1.54) is 0 Å². The molecule has 1 N–H and O–H groups in total. The van der Waals surface area contributed by atoms with Crippen LogP contribution in [0.4, 0.5) is 5.82 Å². The highest BCUT2D eigenvalue weighted by Crippen LogP contribution is 2.14. The van der Waals surface area contributed by atoms with E-state index < -0.39 is 0 Å². The summed E-state index contributed by atoms with van der Waals surface area (Å²) in [6, 6.07) is 17.7. The Morgan fingerprint density at radius 1 is 0.950 bits per heavy atom. The molecule has 0 amide bonds. The first-order valence-electron chi connectivity index (χ1n) is 6.40. The zero-order chi connectivity index (χ0) is 13.8. The third-order valence-electron chi connectivity index (χ3n) is 2.88. The van der Waals surface area contributed by atoms with E-state index in [1.807, 2.05) is 61.5 Å². The van der Waals surface area contributed by atoms with Gasteiger partial charge in [0.1, 0.15) is 5.82 Å². The molecule has 0 fully saturated rings. The Morgan fingerprint density at radius 2 is 1.85 bits per heavy atom. The maximum atomic E-state index is 4.48. The van der Waals surface area contributed by atoms with Crippen molar-refractivity contribution in [3.8, 4) is 0 Å². The molecule has 0 radical (unpaired) electrons. The second-order valence-corrected chi connectivity index (χ2v) is 4.46. The van der Waals surface area contributed by atoms with Gasteiger partial charge in [0.2, 0.25) is 0 Å². The predicted octanol–water partition coefficient (Wildman–Crippen LogP) is 3.38. The molecule has 2 aromatic heterocycles. The number of nitrogens with one attached hydrogen (secondary N) is 1. The van der Waals surface area contributed by atoms with E-state index in [0.29, 0.717) is 5.82 Å². The molecule has 0 spiro atoms. The summed E-state index contributed by atoms with van der Waals surface area (Å²) in [6.45, 7) is 1.95. The van der Waals surface area contributed by atoms with Gasteiger partial charge in [0, 0.05) is 11.1 Å². The van der Waals surface area contributed by atoms with Crippen molar-refractivity contribution in [2.24, 2.45) is 5.10 Å². The molecule has 1 aromatic carbocycles. The highest BCUT2D eigenvalue weighted by molar-refractivity contribution is 5.80. The first-order chi connectivity index (χ1) is 9.81. The molecule has 0 bridgehead atoms. The second kappa shape index (κ2) is 5.48. The van der Waals surface area contributed by atoms with Gasteiger partial charge in [-0.25, -0.2) is 4.98 Å². The van der Waals surface area contributed by atoms with E-state index in [0.717, 1.165) is 22.3 Å². The number of rotatable bonds is 3. The fraction of sp³-hybridized carbons (Fsp3) is 0.0625. The number of anilines is 1. The Kier molecular flexibility index (Phi) is 3.37. The molecule has 98 valence electrons. The molecule has 2 heterocycles. The minimum atomic E-state index is 0.715. The largest absolute Gasteiger partial charge is 0.261 e. The SMILES string of the molecule is Cc1cccc(/C=N/Nc2ccc3ccccc3n2)n1. The van der Waals surface area contributed by atoms with E-state index in [-0.39, 0.29) is 0 Å². The van der Waals surface area contributed by atoms with E-state index in [9.17, 15) is 0 Å². The zero-order valence-corrected chi connectivity index (χ0v) is 11.1. The first-order valence-corrected chi connectivity index (χ1v) is 6.40. The molecule has 4 nitrogen and oxygen atoms in total. The van der Waals surface area contributed by atoms with E-state index >= 15 is 0 Å². The van der Waals surface area contributed by atoms with Gasteiger partial charge in [-0.05, 0) is 37.3 Å². The maximum absolute atomic E-state index is 4.48. The average Bonchev–Trinajstić information content (AvgIpc) is 2.47. The van der Waals surface area contributed by atoms with Crippen molar-refractivity contribution in [1.29, 1.82) is 0 Å². The van der Waals surface area contributed by atoms with Gasteiger partial charge in [0.15, 0.2) is 0 Å². The molecule has 20 heavy (non-hydrogen) atoms. The number of pyridine rings is 2. The molecule has 0 aliphatic rings. The second-order valence-electron chi connectivity index (χ2n) is 4.46. The summed E-state index contributed by atoms with van der Waals surface area (Å²) < 4.78 is 0. The smallest absolute Gasteiger partial charge is 0.146 e. The van der Waals surface area contributed by atoms with Crippen molar-refractivity contribution >= 4 is 22.9 Å². The highest BCUT2D eigenvalue weighted by atomic mass is 15.3. The van der Waals surface area contributed by atoms with Crippen LogP contribution in [0.3, 0.4) is 0 Å². The Balaban J connectivity index is 1.76. The van der Waals surface area contributed by atoms with Gasteiger partial charge in [0.25, 0.3) is 0 Å². The van der Waals surface area contributed by atoms with Crippen LogP contribution in [0.5, 0.6) is 0 Å². The summed E-state index contributed by atoms with van der Waals surface area (Å²) in [7, 11) is 0. The van der Waals surface area contributed by atoms with E-state index in [1.54, 1.807) is 6.21 Å². The number of aromatic nitrogens is 2. The van der Waals surface area contributed by atoms with Crippen molar-refractivity contribution < 1.29 is 0 Å². The van der Waals surface area contributed by atoms with Crippen LogP contribution in [0.1, 0.15) is 11.4 Å². The zero-order valence-electron chi connectivity index (χ0n) is 11.1. The third kappa shape index (κ3) is 2.80. The van der Waals surface area contributed by atoms with Gasteiger partial charge in [-0.2, -0.15) is 5.10 Å². The topological polar surface area (TPSA) is 50.2 Å². The normalized spacial score (nSPS) is 11.1. The Morgan fingerprint density at radius 3 is 2.75 bits per heavy atom. The van der Waals surface area contributed by atoms with Crippen LogP contribution in [-0.2, 0) is 0 Å². The van der Waals surface area contributed by atoms with Crippen molar-refractivity contribution in [2.45, 2.75) is 6.92 Å². The molecule has 0 unspecified atom stereocenters. The average molecular weight is 262 g/mol. The fourth-order valence-electron chi connectivity index (χ4n) is 1.93. The number of hydrogen-bond acceptors (Lipinski definition) is 4. The van der Waals surface area contributed by atoms with Crippen molar-refractivity contribution in [2.75, 3.05) is 5.43 Å². The molecule has 0 aliphatic carbocycles. The summed E-state index contributed by atoms with van der Waals surface area (Å²) in [5, 5.41) is 5.27. The van der Waals surface area contributed by atoms with Crippen molar-refractivity contribution in [3.63, 3.8) is 0 Å². The lowest BCUT2D eigenvalue weighted by Crippen LogP contribution is -1.95. The van der Waals surface area contributed by atoms with Crippen LogP contribution in [0.15, 0.2) is 59.7 Å². The summed E-state index contributed by atoms with van der Waals surface area (Å²) in [5.74, 6) is 0.715. The number of fused-ring (bicyclic) bond motifs is 1. The predicted molar refractivity (Wildman–Crippen MR) is 81.9 cm³/mol. The van der Waals surface area contributed by atoms with Gasteiger partial charge >= 0.3 is 0 Å². The fourth-order valence-corrected chi connectivity index (χ4v) is 1.93. The highest BCUT2D eigenvalue weighted by Gasteiger charge is 1.96. The third-order valence-corrected chi connectivity index (χ3v) is 2.88. The van der Waals surface area contributed by atoms with Crippen LogP contribution < -0.4 is 5.43 Å². The molecule has 3 aromatic rings. The minimum absolute atomic E-state index is 0.715. The van der Waals surface area contributed by atoms with E-state index in [4.69, 9.17) is 0 Å². The number of hydrazone groups is 1. The Labute approximate surface area is 117 Å². The summed E-state index contributed by atoms with van der Waals surface area (Å²) >= 11 is 0. The quantitative estimate of drug-likeness (QED) is 0.581. The minimum Gasteiger partial charge on any atom is -0.261 e. The number of benzene rings is 1. The van der Waals surface area contributed by atoms with Crippen LogP contribution in [0.25, 0.3) is 10.9 Å². The van der Waals surface area contributed by atoms with Crippen LogP contribution in [-0.4, -0.2) is 16.2 Å². The van der Waals surface area contributed by atoms with Crippen molar-refractivity contribution in [3.05, 3.63) is 66.0 Å². The first kappa shape index (κ1) is 12.3. The number of aryl methyl sites for hydroxylation is 1. The molecule has 0 saturated heterocycles. The molecular weight excluding hydrogens is 248 g/mol. The maximum Gasteiger partial charge on any atom is 0.146 e. The summed E-state index contributed by atoms with van der Waals surface area (Å²) in [4.78, 5) is 8.82. The standard InChI is InChI=1S/C16H14N4/c1-12-5-4-7-14(18-12)11-17-20-16-10-9-13-6-2-3-8-15(13)19-16/h2-11H,1H3,(H,19,20)/b17-11+. The molecule has 0 saturated carbocycles. The summed E-state index contributed by atoms with van der Waals surface area (Å²) in [6.07, 6.45) is 1.68. The van der Waals surface area contributed by atoms with Crippen LogP contribution in [0.2, 0.25) is 0 Å². The molecule has 0 atom stereocenters. The molecule has 0 aliphatic heterocycles. The Hall–Kier alpha value is -2.75. The molecule has 4 heteroatoms. The van der Waals surface area contributed by atoms with Gasteiger partial charge in [-0.3, -0.25) is 10.4 Å². The van der Waals surface area contributed by atoms with Crippen molar-refractivity contribution in [1.82, 2.24) is 9.97 Å². The number of para-hydroxylation sites is 1. The monoisotopic (exact) mass is 262 g/mol. The van der Waals surface area contributed by atoms with Crippen LogP contribution >= 0.6 is 0 Å². The van der Waals surface area contributed by atoms with E-state index in [2.05, 4.69) is 20.5 Å².